The molecule has 5 rings (SSSR count). The molecule has 1 heterocycles. The van der Waals surface area contributed by atoms with Gasteiger partial charge in [-0.2, -0.15) is 4.31 Å². The molecule has 1 saturated heterocycles. The third kappa shape index (κ3) is 3.26. The van der Waals surface area contributed by atoms with Crippen molar-refractivity contribution in [2.24, 2.45) is 5.92 Å². The van der Waals surface area contributed by atoms with Crippen LogP contribution in [0.15, 0.2) is 102 Å². The summed E-state index contributed by atoms with van der Waals surface area (Å²) in [5, 5.41) is 0. The van der Waals surface area contributed by atoms with Crippen molar-refractivity contribution >= 4 is 10.0 Å². The normalized spacial score (nSPS) is 22.9. The van der Waals surface area contributed by atoms with Gasteiger partial charge in [0.05, 0.1) is 4.90 Å². The van der Waals surface area contributed by atoms with E-state index in [1.54, 1.807) is 16.4 Å². The molecule has 1 aliphatic carbocycles. The fourth-order valence-electron chi connectivity index (χ4n) is 5.46. The summed E-state index contributed by atoms with van der Waals surface area (Å²) >= 11 is 0. The predicted octanol–water partition coefficient (Wildman–Crippen LogP) is 5.32. The Bertz CT molecular complexity index is 1150. The van der Waals surface area contributed by atoms with Crippen LogP contribution in [0.25, 0.3) is 0 Å². The average Bonchev–Trinajstić information content (AvgIpc) is 3.18. The van der Waals surface area contributed by atoms with Crippen LogP contribution in [0.4, 0.5) is 0 Å². The van der Waals surface area contributed by atoms with Gasteiger partial charge in [0.15, 0.2) is 0 Å². The van der Waals surface area contributed by atoms with E-state index in [0.29, 0.717) is 11.4 Å². The number of sulfonamides is 1. The standard InChI is InChI=1S/C27H27NO2S/c1-21-16-18-24(19-17-21)31(29,30)28-20-27(22-10-4-2-5-11-22,23-12-6-3-7-13-23)25-14-8-9-15-26(25)28/h2-7,9-13,15-19,25-26H,8,14,20H2,1H3/t25-,26+/m1/s1. The van der Waals surface area contributed by atoms with Crippen LogP contribution >= 0.6 is 0 Å². The Kier molecular flexibility index (Phi) is 5.07. The lowest BCUT2D eigenvalue weighted by Gasteiger charge is -2.38. The third-order valence-electron chi connectivity index (χ3n) is 6.97. The summed E-state index contributed by atoms with van der Waals surface area (Å²) in [4.78, 5) is 0.368. The van der Waals surface area contributed by atoms with Crippen molar-refractivity contribution in [3.63, 3.8) is 0 Å². The molecule has 3 nitrogen and oxygen atoms in total. The zero-order valence-electron chi connectivity index (χ0n) is 17.7. The summed E-state index contributed by atoms with van der Waals surface area (Å²) in [5.74, 6) is 0.183. The summed E-state index contributed by atoms with van der Waals surface area (Å²) in [6.45, 7) is 2.42. The minimum Gasteiger partial charge on any atom is -0.207 e. The van der Waals surface area contributed by atoms with Crippen LogP contribution in [0, 0.1) is 12.8 Å². The molecule has 31 heavy (non-hydrogen) atoms. The third-order valence-corrected chi connectivity index (χ3v) is 8.82. The van der Waals surface area contributed by atoms with Crippen molar-refractivity contribution in [2.75, 3.05) is 6.54 Å². The molecule has 2 aliphatic rings. The van der Waals surface area contributed by atoms with Crippen LogP contribution in [0.2, 0.25) is 0 Å². The van der Waals surface area contributed by atoms with Gasteiger partial charge in [-0.1, -0.05) is 90.5 Å². The molecule has 3 aromatic rings. The number of allylic oxidation sites excluding steroid dienone is 1. The second kappa shape index (κ2) is 7.77. The van der Waals surface area contributed by atoms with Gasteiger partial charge in [-0.15, -0.1) is 0 Å². The topological polar surface area (TPSA) is 37.4 Å². The smallest absolute Gasteiger partial charge is 0.207 e. The maximum Gasteiger partial charge on any atom is 0.243 e. The summed E-state index contributed by atoms with van der Waals surface area (Å²) < 4.78 is 29.4. The monoisotopic (exact) mass is 429 g/mol. The zero-order valence-corrected chi connectivity index (χ0v) is 18.5. The number of benzene rings is 3. The Balaban J connectivity index is 1.70. The van der Waals surface area contributed by atoms with Crippen LogP contribution < -0.4 is 0 Å². The number of fused-ring (bicyclic) bond motifs is 1. The molecule has 3 aromatic carbocycles. The minimum atomic E-state index is -3.63. The second-order valence-electron chi connectivity index (χ2n) is 8.67. The van der Waals surface area contributed by atoms with Crippen molar-refractivity contribution in [1.82, 2.24) is 4.31 Å². The van der Waals surface area contributed by atoms with E-state index in [2.05, 4.69) is 60.7 Å². The molecule has 0 radical (unpaired) electrons. The largest absolute Gasteiger partial charge is 0.243 e. The number of nitrogens with zero attached hydrogens (tertiary/aromatic N) is 1. The number of hydrogen-bond donors (Lipinski definition) is 0. The van der Waals surface area contributed by atoms with Crippen molar-refractivity contribution < 1.29 is 8.42 Å². The summed E-state index contributed by atoms with van der Waals surface area (Å²) in [6.07, 6.45) is 6.20. The Hall–Kier alpha value is -2.69. The van der Waals surface area contributed by atoms with Gasteiger partial charge < -0.3 is 0 Å². The van der Waals surface area contributed by atoms with Gasteiger partial charge in [0.25, 0.3) is 0 Å². The molecule has 2 atom stereocenters. The molecule has 0 spiro atoms. The van der Waals surface area contributed by atoms with Crippen LogP contribution in [0.3, 0.4) is 0 Å². The molecule has 1 aliphatic heterocycles. The maximum absolute atomic E-state index is 13.8. The quantitative estimate of drug-likeness (QED) is 0.526. The Morgan fingerprint density at radius 1 is 0.839 bits per heavy atom. The van der Waals surface area contributed by atoms with Crippen molar-refractivity contribution in [1.29, 1.82) is 0 Å². The molecule has 0 aromatic heterocycles. The molecule has 1 fully saturated rings. The van der Waals surface area contributed by atoms with Gasteiger partial charge in [-0.3, -0.25) is 0 Å². The first kappa shape index (κ1) is 20.2. The lowest BCUT2D eigenvalue weighted by Crippen LogP contribution is -2.38. The average molecular weight is 430 g/mol. The van der Waals surface area contributed by atoms with E-state index in [-0.39, 0.29) is 17.4 Å². The van der Waals surface area contributed by atoms with Crippen molar-refractivity contribution in [3.8, 4) is 0 Å². The highest BCUT2D eigenvalue weighted by atomic mass is 32.2. The van der Waals surface area contributed by atoms with Gasteiger partial charge in [0, 0.05) is 18.0 Å². The Morgan fingerprint density at radius 3 is 2.00 bits per heavy atom. The zero-order chi connectivity index (χ0) is 21.5. The van der Waals surface area contributed by atoms with Gasteiger partial charge in [-0.05, 0) is 48.9 Å². The Morgan fingerprint density at radius 2 is 1.42 bits per heavy atom. The van der Waals surface area contributed by atoms with E-state index in [1.165, 1.54) is 11.1 Å². The Labute approximate surface area is 185 Å². The molecular formula is C27H27NO2S. The van der Waals surface area contributed by atoms with E-state index in [1.807, 2.05) is 31.2 Å². The van der Waals surface area contributed by atoms with Crippen LogP contribution in [0.5, 0.6) is 0 Å². The highest BCUT2D eigenvalue weighted by Crippen LogP contribution is 2.52. The number of aryl methyl sites for hydroxylation is 1. The van der Waals surface area contributed by atoms with Crippen LogP contribution in [-0.2, 0) is 15.4 Å². The summed E-state index contributed by atoms with van der Waals surface area (Å²) in [6, 6.07) is 28.0. The van der Waals surface area contributed by atoms with Crippen molar-refractivity contribution in [3.05, 3.63) is 114 Å². The van der Waals surface area contributed by atoms with E-state index in [4.69, 9.17) is 0 Å². The summed E-state index contributed by atoms with van der Waals surface area (Å²) in [5.41, 5.74) is 3.05. The maximum atomic E-state index is 13.8. The van der Waals surface area contributed by atoms with Gasteiger partial charge in [0.1, 0.15) is 0 Å². The van der Waals surface area contributed by atoms with Gasteiger partial charge >= 0.3 is 0 Å². The molecular weight excluding hydrogens is 402 g/mol. The first-order valence-corrected chi connectivity index (χ1v) is 12.3. The minimum absolute atomic E-state index is 0.152. The fraction of sp³-hybridized carbons (Fsp3) is 0.259. The molecule has 0 bridgehead atoms. The predicted molar refractivity (Wildman–Crippen MR) is 124 cm³/mol. The van der Waals surface area contributed by atoms with Gasteiger partial charge in [0.2, 0.25) is 10.0 Å². The number of rotatable bonds is 4. The molecule has 4 heteroatoms. The highest BCUT2D eigenvalue weighted by Gasteiger charge is 2.57. The highest BCUT2D eigenvalue weighted by molar-refractivity contribution is 7.89. The van der Waals surface area contributed by atoms with E-state index < -0.39 is 10.0 Å². The lowest BCUT2D eigenvalue weighted by molar-refractivity contribution is 0.332. The van der Waals surface area contributed by atoms with E-state index in [0.717, 1.165) is 18.4 Å². The first-order valence-electron chi connectivity index (χ1n) is 10.9. The number of hydrogen-bond acceptors (Lipinski definition) is 2. The molecule has 0 N–H and O–H groups in total. The van der Waals surface area contributed by atoms with E-state index in [9.17, 15) is 8.42 Å². The second-order valence-corrected chi connectivity index (χ2v) is 10.6. The fourth-order valence-corrected chi connectivity index (χ4v) is 7.12. The van der Waals surface area contributed by atoms with Crippen LogP contribution in [-0.4, -0.2) is 25.3 Å². The molecule has 0 amide bonds. The van der Waals surface area contributed by atoms with Crippen LogP contribution in [0.1, 0.15) is 29.5 Å². The first-order chi connectivity index (χ1) is 15.0. The SMILES string of the molecule is Cc1ccc(S(=O)(=O)N2CC(c3ccccc3)(c3ccccc3)[C@@H]3CCC=C[C@@H]32)cc1. The molecule has 0 saturated carbocycles. The summed E-state index contributed by atoms with van der Waals surface area (Å²) in [7, 11) is -3.63. The lowest BCUT2D eigenvalue weighted by atomic mass is 9.64. The van der Waals surface area contributed by atoms with Crippen molar-refractivity contribution in [2.45, 2.75) is 36.1 Å². The molecule has 158 valence electrons. The molecule has 0 unspecified atom stereocenters. The van der Waals surface area contributed by atoms with Gasteiger partial charge in [-0.25, -0.2) is 8.42 Å². The van der Waals surface area contributed by atoms with E-state index >= 15 is 0 Å².